The average molecular weight is 561 g/mol. The molecule has 0 saturated heterocycles. The Morgan fingerprint density at radius 1 is 0.974 bits per heavy atom. The first-order chi connectivity index (χ1) is 17.2. The molecule has 2 unspecified atom stereocenters. The molecule has 0 amide bonds. The van der Waals surface area contributed by atoms with Crippen LogP contribution in [-0.2, 0) is 8.85 Å². The summed E-state index contributed by atoms with van der Waals surface area (Å²) in [5.41, 5.74) is 4.28. The zero-order chi connectivity index (χ0) is 28.9. The lowest BCUT2D eigenvalue weighted by atomic mass is 9.62. The molecule has 6 atom stereocenters. The van der Waals surface area contributed by atoms with Crippen LogP contribution in [0.5, 0.6) is 0 Å². The summed E-state index contributed by atoms with van der Waals surface area (Å²) in [7, 11) is -3.87. The van der Waals surface area contributed by atoms with Crippen LogP contribution in [0.1, 0.15) is 100 Å². The third-order valence-electron chi connectivity index (χ3n) is 11.4. The zero-order valence-electron chi connectivity index (χ0n) is 27.0. The van der Waals surface area contributed by atoms with E-state index in [2.05, 4.69) is 93.4 Å². The van der Waals surface area contributed by atoms with Crippen LogP contribution < -0.4 is 0 Å². The van der Waals surface area contributed by atoms with E-state index in [0.29, 0.717) is 11.8 Å². The fraction of sp³-hybridized carbons (Fsp3) is 0.818. The lowest BCUT2D eigenvalue weighted by Crippen LogP contribution is -2.49. The van der Waals surface area contributed by atoms with Crippen molar-refractivity contribution in [1.82, 2.24) is 0 Å². The first-order valence-electron chi connectivity index (χ1n) is 15.3. The third-order valence-corrected chi connectivity index (χ3v) is 20.4. The second-order valence-electron chi connectivity index (χ2n) is 16.1. The predicted octanol–water partition coefficient (Wildman–Crippen LogP) is 9.57. The summed E-state index contributed by atoms with van der Waals surface area (Å²) in [6.07, 6.45) is 12.6. The lowest BCUT2D eigenvalue weighted by Gasteiger charge is -2.45. The standard InChI is InChI=1S/C33H60O3Si2/c1-23-26(17-16-25-15-14-20-33(9)28(24(2)34)18-19-29(25)33)21-27(35-37(10,11)31(3,4)5)22-30(23)36-38(12,13)32(6,7)8/h16-17,24,27-30,34H,1,14-15,18-22H2,2-13H3/b25-16+,26-17-/t24-,27?,28+,29-,30?,33+/m0/s1. The smallest absolute Gasteiger partial charge is 0.192 e. The van der Waals surface area contributed by atoms with Gasteiger partial charge in [0, 0.05) is 6.42 Å². The van der Waals surface area contributed by atoms with Crippen molar-refractivity contribution in [2.45, 2.75) is 155 Å². The molecule has 3 fully saturated rings. The summed E-state index contributed by atoms with van der Waals surface area (Å²) in [5, 5.41) is 10.8. The molecule has 0 aromatic carbocycles. The molecule has 38 heavy (non-hydrogen) atoms. The van der Waals surface area contributed by atoms with Crippen LogP contribution in [0.2, 0.25) is 36.3 Å². The Bertz CT molecular complexity index is 931. The van der Waals surface area contributed by atoms with E-state index in [0.717, 1.165) is 24.8 Å². The largest absolute Gasteiger partial charge is 0.413 e. The highest BCUT2D eigenvalue weighted by Crippen LogP contribution is 2.58. The summed E-state index contributed by atoms with van der Waals surface area (Å²) in [5.74, 6) is 1.00. The van der Waals surface area contributed by atoms with Gasteiger partial charge >= 0.3 is 0 Å². The average Bonchev–Trinajstić information content (AvgIpc) is 3.10. The van der Waals surface area contributed by atoms with Crippen molar-refractivity contribution in [2.24, 2.45) is 17.3 Å². The van der Waals surface area contributed by atoms with Gasteiger partial charge in [-0.05, 0) is 110 Å². The number of allylic oxidation sites excluding steroid dienone is 3. The summed E-state index contributed by atoms with van der Waals surface area (Å²) in [6, 6.07) is 0. The molecular formula is C33H60O3Si2. The number of fused-ring (bicyclic) bond motifs is 1. The predicted molar refractivity (Wildman–Crippen MR) is 169 cm³/mol. The molecule has 5 heteroatoms. The first kappa shape index (κ1) is 32.1. The Labute approximate surface area is 237 Å². The van der Waals surface area contributed by atoms with Gasteiger partial charge in [-0.15, -0.1) is 0 Å². The van der Waals surface area contributed by atoms with Crippen LogP contribution >= 0.6 is 0 Å². The number of aliphatic hydroxyl groups is 1. The number of hydrogen-bond acceptors (Lipinski definition) is 3. The molecule has 0 aliphatic heterocycles. The topological polar surface area (TPSA) is 38.7 Å². The molecule has 3 saturated carbocycles. The Balaban J connectivity index is 1.93. The van der Waals surface area contributed by atoms with Gasteiger partial charge in [0.05, 0.1) is 18.3 Å². The first-order valence-corrected chi connectivity index (χ1v) is 21.1. The van der Waals surface area contributed by atoms with Crippen LogP contribution in [0.25, 0.3) is 0 Å². The molecule has 0 aromatic rings. The van der Waals surface area contributed by atoms with Crippen molar-refractivity contribution in [3.63, 3.8) is 0 Å². The maximum absolute atomic E-state index is 10.5. The van der Waals surface area contributed by atoms with E-state index in [4.69, 9.17) is 8.85 Å². The van der Waals surface area contributed by atoms with Crippen LogP contribution in [-0.4, -0.2) is 40.1 Å². The van der Waals surface area contributed by atoms with Crippen LogP contribution in [0.3, 0.4) is 0 Å². The van der Waals surface area contributed by atoms with E-state index >= 15 is 0 Å². The van der Waals surface area contributed by atoms with Crippen molar-refractivity contribution in [3.8, 4) is 0 Å². The summed E-state index contributed by atoms with van der Waals surface area (Å²) >= 11 is 0. The molecule has 3 aliphatic rings. The lowest BCUT2D eigenvalue weighted by molar-refractivity contribution is 0.0302. The molecule has 1 N–H and O–H groups in total. The van der Waals surface area contributed by atoms with E-state index in [9.17, 15) is 5.11 Å². The van der Waals surface area contributed by atoms with Gasteiger partial charge in [0.1, 0.15) is 0 Å². The minimum atomic E-state index is -1.96. The quantitative estimate of drug-likeness (QED) is 0.329. The van der Waals surface area contributed by atoms with Crippen LogP contribution in [0.15, 0.2) is 35.5 Å². The van der Waals surface area contributed by atoms with E-state index < -0.39 is 16.6 Å². The summed E-state index contributed by atoms with van der Waals surface area (Å²) < 4.78 is 14.0. The Morgan fingerprint density at radius 2 is 1.55 bits per heavy atom. The van der Waals surface area contributed by atoms with Gasteiger partial charge in [0.25, 0.3) is 0 Å². The minimum Gasteiger partial charge on any atom is -0.413 e. The molecule has 0 radical (unpaired) electrons. The van der Waals surface area contributed by atoms with E-state index in [1.807, 2.05) is 6.92 Å². The number of hydrogen-bond donors (Lipinski definition) is 1. The van der Waals surface area contributed by atoms with E-state index in [1.165, 1.54) is 31.3 Å². The zero-order valence-corrected chi connectivity index (χ0v) is 29.0. The fourth-order valence-electron chi connectivity index (χ4n) is 6.84. The molecule has 0 aromatic heterocycles. The second kappa shape index (κ2) is 11.1. The molecule has 3 aliphatic carbocycles. The monoisotopic (exact) mass is 560 g/mol. The molecule has 3 rings (SSSR count). The minimum absolute atomic E-state index is 0.0202. The fourth-order valence-corrected chi connectivity index (χ4v) is 9.51. The third kappa shape index (κ3) is 6.53. The normalized spacial score (nSPS) is 34.6. The maximum Gasteiger partial charge on any atom is 0.192 e. The Morgan fingerprint density at radius 3 is 2.11 bits per heavy atom. The van der Waals surface area contributed by atoms with Crippen molar-refractivity contribution < 1.29 is 14.0 Å². The SMILES string of the molecule is C=C1/C(=C\C=C2/CCC[C@]3(C)[C@@H]([C@H](C)O)CC[C@@H]23)CC(O[Si](C)(C)C(C)(C)C)CC1O[Si](C)(C)C(C)(C)C. The van der Waals surface area contributed by atoms with Crippen molar-refractivity contribution in [1.29, 1.82) is 0 Å². The molecule has 0 heterocycles. The Kier molecular flexibility index (Phi) is 9.34. The molecule has 0 bridgehead atoms. The van der Waals surface area contributed by atoms with Gasteiger partial charge in [0.15, 0.2) is 16.6 Å². The highest BCUT2D eigenvalue weighted by Gasteiger charge is 2.50. The van der Waals surface area contributed by atoms with Gasteiger partial charge in [-0.2, -0.15) is 0 Å². The second-order valence-corrected chi connectivity index (χ2v) is 25.6. The highest BCUT2D eigenvalue weighted by molar-refractivity contribution is 6.74. The van der Waals surface area contributed by atoms with Crippen LogP contribution in [0, 0.1) is 17.3 Å². The van der Waals surface area contributed by atoms with Gasteiger partial charge in [-0.1, -0.05) is 72.8 Å². The summed E-state index contributed by atoms with van der Waals surface area (Å²) in [6.45, 7) is 32.4. The maximum atomic E-state index is 10.5. The van der Waals surface area contributed by atoms with Gasteiger partial charge < -0.3 is 14.0 Å². The highest BCUT2D eigenvalue weighted by atomic mass is 28.4. The number of aliphatic hydroxyl groups excluding tert-OH is 1. The molecular weight excluding hydrogens is 501 g/mol. The van der Waals surface area contributed by atoms with Gasteiger partial charge in [-0.3, -0.25) is 0 Å². The van der Waals surface area contributed by atoms with E-state index in [1.54, 1.807) is 5.57 Å². The molecule has 3 nitrogen and oxygen atoms in total. The molecule has 218 valence electrons. The van der Waals surface area contributed by atoms with Gasteiger partial charge in [0.2, 0.25) is 0 Å². The molecule has 0 spiro atoms. The van der Waals surface area contributed by atoms with Crippen LogP contribution in [0.4, 0.5) is 0 Å². The van der Waals surface area contributed by atoms with Gasteiger partial charge in [-0.25, -0.2) is 0 Å². The van der Waals surface area contributed by atoms with E-state index in [-0.39, 0.29) is 33.8 Å². The Hall–Kier alpha value is -0.466. The van der Waals surface area contributed by atoms with Crippen molar-refractivity contribution in [3.05, 3.63) is 35.5 Å². The summed E-state index contributed by atoms with van der Waals surface area (Å²) in [4.78, 5) is 0. The number of rotatable bonds is 6. The van der Waals surface area contributed by atoms with Crippen molar-refractivity contribution >= 4 is 16.6 Å². The van der Waals surface area contributed by atoms with Crippen molar-refractivity contribution in [2.75, 3.05) is 0 Å².